The Balaban J connectivity index is 1.45. The van der Waals surface area contributed by atoms with Crippen LogP contribution in [0.25, 0.3) is 10.9 Å². The summed E-state index contributed by atoms with van der Waals surface area (Å²) in [6, 6.07) is 18.0. The van der Waals surface area contributed by atoms with Gasteiger partial charge in [0.05, 0.1) is 24.3 Å². The van der Waals surface area contributed by atoms with Gasteiger partial charge in [0, 0.05) is 50.4 Å². The van der Waals surface area contributed by atoms with E-state index in [0.717, 1.165) is 55.1 Å². The molecule has 7 nitrogen and oxygen atoms in total. The molecular weight excluding hydrogens is 428 g/mol. The van der Waals surface area contributed by atoms with Crippen molar-refractivity contribution in [2.24, 2.45) is 0 Å². The van der Waals surface area contributed by atoms with E-state index in [9.17, 15) is 4.79 Å². The van der Waals surface area contributed by atoms with E-state index in [2.05, 4.69) is 27.2 Å². The molecular formula is C27H34N4O3. The van der Waals surface area contributed by atoms with E-state index in [0.29, 0.717) is 18.7 Å². The van der Waals surface area contributed by atoms with Crippen molar-refractivity contribution in [1.29, 1.82) is 0 Å². The van der Waals surface area contributed by atoms with Crippen LogP contribution >= 0.6 is 0 Å². The normalized spacial score (nSPS) is 14.0. The number of benzene rings is 2. The number of carbonyl (C=O) groups is 1. The predicted octanol–water partition coefficient (Wildman–Crippen LogP) is 4.11. The Morgan fingerprint density at radius 1 is 1.03 bits per heavy atom. The minimum absolute atomic E-state index is 0.0683. The first-order valence-corrected chi connectivity index (χ1v) is 12.0. The number of carbonyl (C=O) groups excluding carboxylic acids is 1. The standard InChI is InChI=1S/C27H34N4O3/c1-20(2)34-18-6-13-28-27(32)24-19-26(29-25-8-5-4-7-23(24)25)31-16-14-30(15-17-31)21-9-11-22(33-3)12-10-21/h4-5,7-12,19-20H,6,13-18H2,1-3H3,(H,28,32). The van der Waals surface area contributed by atoms with Crippen molar-refractivity contribution in [3.8, 4) is 5.75 Å². The molecule has 0 spiro atoms. The average molecular weight is 463 g/mol. The summed E-state index contributed by atoms with van der Waals surface area (Å²) in [5, 5.41) is 3.92. The van der Waals surface area contributed by atoms with Crippen molar-refractivity contribution < 1.29 is 14.3 Å². The van der Waals surface area contributed by atoms with Gasteiger partial charge in [0.1, 0.15) is 11.6 Å². The summed E-state index contributed by atoms with van der Waals surface area (Å²) >= 11 is 0. The number of methoxy groups -OCH3 is 1. The molecule has 3 aromatic rings. The van der Waals surface area contributed by atoms with E-state index in [4.69, 9.17) is 14.5 Å². The molecule has 2 heterocycles. The Morgan fingerprint density at radius 3 is 2.44 bits per heavy atom. The van der Waals surface area contributed by atoms with Crippen molar-refractivity contribution >= 4 is 28.3 Å². The SMILES string of the molecule is COc1ccc(N2CCN(c3cc(C(=O)NCCCOC(C)C)c4ccccc4n3)CC2)cc1. The molecule has 34 heavy (non-hydrogen) atoms. The highest BCUT2D eigenvalue weighted by atomic mass is 16.5. The number of nitrogens with zero attached hydrogens (tertiary/aromatic N) is 3. The highest BCUT2D eigenvalue weighted by molar-refractivity contribution is 6.07. The van der Waals surface area contributed by atoms with E-state index < -0.39 is 0 Å². The molecule has 1 aliphatic heterocycles. The first-order valence-electron chi connectivity index (χ1n) is 12.0. The number of anilines is 2. The van der Waals surface area contributed by atoms with E-state index in [1.807, 2.05) is 56.3 Å². The molecule has 0 atom stereocenters. The fourth-order valence-electron chi connectivity index (χ4n) is 4.19. The van der Waals surface area contributed by atoms with Gasteiger partial charge >= 0.3 is 0 Å². The Labute approximate surface area is 201 Å². The maximum Gasteiger partial charge on any atom is 0.252 e. The van der Waals surface area contributed by atoms with Crippen LogP contribution in [0.2, 0.25) is 0 Å². The van der Waals surface area contributed by atoms with Crippen molar-refractivity contribution in [2.75, 3.05) is 56.2 Å². The van der Waals surface area contributed by atoms with Gasteiger partial charge in [-0.15, -0.1) is 0 Å². The van der Waals surface area contributed by atoms with Gasteiger partial charge in [-0.25, -0.2) is 4.98 Å². The zero-order valence-corrected chi connectivity index (χ0v) is 20.3. The Kier molecular flexibility index (Phi) is 7.85. The number of hydrogen-bond donors (Lipinski definition) is 1. The lowest BCUT2D eigenvalue weighted by Crippen LogP contribution is -2.47. The van der Waals surface area contributed by atoms with Crippen LogP contribution in [0.1, 0.15) is 30.6 Å². The second-order valence-corrected chi connectivity index (χ2v) is 8.75. The van der Waals surface area contributed by atoms with Crippen LogP contribution in [0.3, 0.4) is 0 Å². The fraction of sp³-hybridized carbons (Fsp3) is 0.407. The van der Waals surface area contributed by atoms with E-state index in [-0.39, 0.29) is 12.0 Å². The molecule has 0 aliphatic carbocycles. The number of piperazine rings is 1. The Morgan fingerprint density at radius 2 is 1.74 bits per heavy atom. The van der Waals surface area contributed by atoms with Gasteiger partial charge in [0.2, 0.25) is 0 Å². The second kappa shape index (κ2) is 11.2. The molecule has 0 unspecified atom stereocenters. The van der Waals surface area contributed by atoms with Gasteiger partial charge in [0.15, 0.2) is 0 Å². The number of para-hydroxylation sites is 1. The summed E-state index contributed by atoms with van der Waals surface area (Å²) in [6.45, 7) is 8.70. The smallest absolute Gasteiger partial charge is 0.252 e. The third kappa shape index (κ3) is 5.78. The van der Waals surface area contributed by atoms with Crippen LogP contribution in [0.15, 0.2) is 54.6 Å². The molecule has 0 saturated carbocycles. The largest absolute Gasteiger partial charge is 0.497 e. The van der Waals surface area contributed by atoms with Gasteiger partial charge in [0.25, 0.3) is 5.91 Å². The van der Waals surface area contributed by atoms with Crippen molar-refractivity contribution in [2.45, 2.75) is 26.4 Å². The second-order valence-electron chi connectivity index (χ2n) is 8.75. The molecule has 1 aromatic heterocycles. The molecule has 1 saturated heterocycles. The number of hydrogen-bond acceptors (Lipinski definition) is 6. The molecule has 7 heteroatoms. The minimum atomic E-state index is -0.0683. The van der Waals surface area contributed by atoms with Gasteiger partial charge in [-0.05, 0) is 56.7 Å². The maximum atomic E-state index is 13.1. The van der Waals surface area contributed by atoms with Crippen LogP contribution in [0.5, 0.6) is 5.75 Å². The fourth-order valence-corrected chi connectivity index (χ4v) is 4.19. The molecule has 1 aliphatic rings. The molecule has 1 N–H and O–H groups in total. The Bertz CT molecular complexity index is 1090. The number of nitrogens with one attached hydrogen (secondary N) is 1. The zero-order chi connectivity index (χ0) is 23.9. The topological polar surface area (TPSA) is 66.9 Å². The Hall–Kier alpha value is -3.32. The summed E-state index contributed by atoms with van der Waals surface area (Å²) in [6.07, 6.45) is 0.986. The van der Waals surface area contributed by atoms with Gasteiger partial charge < -0.3 is 24.6 Å². The highest BCUT2D eigenvalue weighted by Crippen LogP contribution is 2.26. The van der Waals surface area contributed by atoms with Gasteiger partial charge in [-0.3, -0.25) is 4.79 Å². The molecule has 0 radical (unpaired) electrons. The minimum Gasteiger partial charge on any atom is -0.497 e. The third-order valence-corrected chi connectivity index (χ3v) is 6.05. The van der Waals surface area contributed by atoms with Crippen LogP contribution < -0.4 is 19.9 Å². The number of aromatic nitrogens is 1. The van der Waals surface area contributed by atoms with E-state index >= 15 is 0 Å². The number of amides is 1. The van der Waals surface area contributed by atoms with Gasteiger partial charge in [-0.1, -0.05) is 18.2 Å². The summed E-state index contributed by atoms with van der Waals surface area (Å²) in [7, 11) is 1.68. The number of ether oxygens (including phenoxy) is 2. The third-order valence-electron chi connectivity index (χ3n) is 6.05. The average Bonchev–Trinajstić information content (AvgIpc) is 2.87. The van der Waals surface area contributed by atoms with Crippen LogP contribution in [-0.4, -0.2) is 63.4 Å². The lowest BCUT2D eigenvalue weighted by molar-refractivity contribution is 0.0757. The van der Waals surface area contributed by atoms with Crippen molar-refractivity contribution in [3.05, 3.63) is 60.2 Å². The van der Waals surface area contributed by atoms with Crippen LogP contribution in [0, 0.1) is 0 Å². The van der Waals surface area contributed by atoms with E-state index in [1.54, 1.807) is 7.11 Å². The summed E-state index contributed by atoms with van der Waals surface area (Å²) < 4.78 is 10.8. The number of pyridine rings is 1. The zero-order valence-electron chi connectivity index (χ0n) is 20.3. The first-order chi connectivity index (χ1) is 16.5. The molecule has 0 bridgehead atoms. The summed E-state index contributed by atoms with van der Waals surface area (Å²) in [5.74, 6) is 1.64. The van der Waals surface area contributed by atoms with Crippen molar-refractivity contribution in [1.82, 2.24) is 10.3 Å². The number of fused-ring (bicyclic) bond motifs is 1. The lowest BCUT2D eigenvalue weighted by atomic mass is 10.1. The lowest BCUT2D eigenvalue weighted by Gasteiger charge is -2.37. The summed E-state index contributed by atoms with van der Waals surface area (Å²) in [5.41, 5.74) is 2.70. The summed E-state index contributed by atoms with van der Waals surface area (Å²) in [4.78, 5) is 22.6. The number of rotatable bonds is 9. The molecule has 1 amide bonds. The first kappa shape index (κ1) is 23.8. The van der Waals surface area contributed by atoms with Gasteiger partial charge in [-0.2, -0.15) is 0 Å². The van der Waals surface area contributed by atoms with Crippen molar-refractivity contribution in [3.63, 3.8) is 0 Å². The van der Waals surface area contributed by atoms with E-state index in [1.165, 1.54) is 5.69 Å². The maximum absolute atomic E-state index is 13.1. The van der Waals surface area contributed by atoms with Crippen LogP contribution in [-0.2, 0) is 4.74 Å². The molecule has 4 rings (SSSR count). The quantitative estimate of drug-likeness (QED) is 0.483. The monoisotopic (exact) mass is 462 g/mol. The molecule has 2 aromatic carbocycles. The van der Waals surface area contributed by atoms with Crippen LogP contribution in [0.4, 0.5) is 11.5 Å². The molecule has 180 valence electrons. The highest BCUT2D eigenvalue weighted by Gasteiger charge is 2.21. The predicted molar refractivity (Wildman–Crippen MR) is 137 cm³/mol. The molecule has 1 fully saturated rings.